The number of nitrogens with zero attached hydrogens (tertiary/aromatic N) is 2. The molecule has 10 heteroatoms. The maximum Gasteiger partial charge on any atom is 0.262 e. The van der Waals surface area contributed by atoms with Gasteiger partial charge in [0.15, 0.2) is 6.61 Å². The van der Waals surface area contributed by atoms with Crippen LogP contribution in [0.1, 0.15) is 12.1 Å². The number of amides is 1. The Morgan fingerprint density at radius 3 is 2.62 bits per heavy atom. The molecule has 1 aliphatic heterocycles. The first-order valence-corrected chi connectivity index (χ1v) is 12.0. The Morgan fingerprint density at radius 2 is 1.91 bits per heavy atom. The summed E-state index contributed by atoms with van der Waals surface area (Å²) in [5, 5.41) is 7.49. The van der Waals surface area contributed by atoms with Gasteiger partial charge < -0.3 is 10.1 Å². The van der Waals surface area contributed by atoms with Crippen LogP contribution in [-0.2, 0) is 21.4 Å². The minimum absolute atomic E-state index is 0.0222. The lowest BCUT2D eigenvalue weighted by molar-refractivity contribution is -0.118. The highest BCUT2D eigenvalue weighted by molar-refractivity contribution is 7.88. The van der Waals surface area contributed by atoms with Gasteiger partial charge in [0, 0.05) is 24.2 Å². The lowest BCUT2D eigenvalue weighted by Crippen LogP contribution is -2.25. The minimum Gasteiger partial charge on any atom is -0.482 e. The molecule has 0 saturated heterocycles. The summed E-state index contributed by atoms with van der Waals surface area (Å²) in [6, 6.07) is 11.7. The average Bonchev–Trinajstić information content (AvgIpc) is 3.06. The largest absolute Gasteiger partial charge is 0.482 e. The molecule has 0 fully saturated rings. The number of sulfonamides is 1. The van der Waals surface area contributed by atoms with E-state index in [0.717, 1.165) is 34.3 Å². The van der Waals surface area contributed by atoms with Crippen molar-refractivity contribution >= 4 is 21.6 Å². The Morgan fingerprint density at radius 1 is 1.19 bits per heavy atom. The number of halogens is 1. The third kappa shape index (κ3) is 4.81. The molecule has 3 aromatic rings. The van der Waals surface area contributed by atoms with Crippen LogP contribution in [0.15, 0.2) is 42.5 Å². The molecule has 0 radical (unpaired) electrons. The molecule has 2 heterocycles. The van der Waals surface area contributed by atoms with Crippen molar-refractivity contribution in [1.29, 1.82) is 0 Å². The summed E-state index contributed by atoms with van der Waals surface area (Å²) in [7, 11) is -3.27. The monoisotopic (exact) mass is 458 g/mol. The number of ether oxygens (including phenoxy) is 1. The number of carbonyl (C=O) groups excluding carboxylic acids is 1. The molecule has 0 saturated carbocycles. The molecule has 1 aliphatic rings. The van der Waals surface area contributed by atoms with Gasteiger partial charge in [0.2, 0.25) is 10.0 Å². The van der Waals surface area contributed by atoms with Crippen LogP contribution in [0.4, 0.5) is 10.1 Å². The fraction of sp³-hybridized carbons (Fsp3) is 0.273. The van der Waals surface area contributed by atoms with E-state index < -0.39 is 10.0 Å². The standard InChI is InChI=1S/C22H23FN4O4S/c1-14-21(16-6-9-19-18(12-16)25-20(28)13-31-19)22(15-4-7-17(23)8-5-15)27(26-14)11-3-10-24-32(2,29)30/h4-9,12,24H,3,10-11,13H2,1-2H3,(H,25,28). The number of benzene rings is 2. The zero-order valence-electron chi connectivity index (χ0n) is 17.7. The Bertz CT molecular complexity index is 1270. The van der Waals surface area contributed by atoms with Crippen LogP contribution in [0.3, 0.4) is 0 Å². The zero-order chi connectivity index (χ0) is 22.9. The van der Waals surface area contributed by atoms with Crippen molar-refractivity contribution in [1.82, 2.24) is 14.5 Å². The molecule has 4 rings (SSSR count). The van der Waals surface area contributed by atoms with Crippen LogP contribution in [0.5, 0.6) is 5.75 Å². The second-order valence-corrected chi connectivity index (χ2v) is 9.44. The molecule has 2 aromatic carbocycles. The summed E-state index contributed by atoms with van der Waals surface area (Å²) in [5.41, 5.74) is 4.56. The molecule has 0 unspecified atom stereocenters. The van der Waals surface area contributed by atoms with Gasteiger partial charge in [-0.1, -0.05) is 6.07 Å². The Labute approximate surface area is 185 Å². The van der Waals surface area contributed by atoms with Gasteiger partial charge in [-0.15, -0.1) is 0 Å². The van der Waals surface area contributed by atoms with E-state index in [-0.39, 0.29) is 24.9 Å². The van der Waals surface area contributed by atoms with Crippen molar-refractivity contribution in [2.45, 2.75) is 19.9 Å². The van der Waals surface area contributed by atoms with E-state index in [1.165, 1.54) is 12.1 Å². The van der Waals surface area contributed by atoms with E-state index in [2.05, 4.69) is 15.1 Å². The molecule has 0 bridgehead atoms. The second kappa shape index (κ2) is 8.71. The van der Waals surface area contributed by atoms with Crippen molar-refractivity contribution in [3.8, 4) is 28.1 Å². The third-order valence-electron chi connectivity index (χ3n) is 5.06. The Hall–Kier alpha value is -3.24. The highest BCUT2D eigenvalue weighted by atomic mass is 32.2. The van der Waals surface area contributed by atoms with Gasteiger partial charge in [-0.25, -0.2) is 17.5 Å². The molecule has 0 aliphatic carbocycles. The van der Waals surface area contributed by atoms with Crippen molar-refractivity contribution in [2.75, 3.05) is 24.7 Å². The highest BCUT2D eigenvalue weighted by Gasteiger charge is 2.22. The molecule has 32 heavy (non-hydrogen) atoms. The van der Waals surface area contributed by atoms with Gasteiger partial charge in [0.05, 0.1) is 23.3 Å². The van der Waals surface area contributed by atoms with Gasteiger partial charge in [-0.2, -0.15) is 5.10 Å². The van der Waals surface area contributed by atoms with Crippen LogP contribution in [0.2, 0.25) is 0 Å². The highest BCUT2D eigenvalue weighted by Crippen LogP contribution is 2.39. The first-order valence-electron chi connectivity index (χ1n) is 10.1. The van der Waals surface area contributed by atoms with E-state index in [4.69, 9.17) is 4.74 Å². The summed E-state index contributed by atoms with van der Waals surface area (Å²) >= 11 is 0. The van der Waals surface area contributed by atoms with Crippen molar-refractivity contribution in [3.05, 3.63) is 54.0 Å². The summed E-state index contributed by atoms with van der Waals surface area (Å²) in [6.07, 6.45) is 1.64. The smallest absolute Gasteiger partial charge is 0.262 e. The Kier molecular flexibility index (Phi) is 5.98. The molecule has 8 nitrogen and oxygen atoms in total. The fourth-order valence-corrected chi connectivity index (χ4v) is 4.23. The van der Waals surface area contributed by atoms with Crippen LogP contribution < -0.4 is 14.8 Å². The maximum absolute atomic E-state index is 13.6. The second-order valence-electron chi connectivity index (χ2n) is 7.61. The number of fused-ring (bicyclic) bond motifs is 1. The lowest BCUT2D eigenvalue weighted by Gasteiger charge is -2.19. The summed E-state index contributed by atoms with van der Waals surface area (Å²) in [4.78, 5) is 11.7. The van der Waals surface area contributed by atoms with Crippen molar-refractivity contribution in [3.63, 3.8) is 0 Å². The van der Waals surface area contributed by atoms with Crippen LogP contribution >= 0.6 is 0 Å². The van der Waals surface area contributed by atoms with Gasteiger partial charge in [-0.3, -0.25) is 9.48 Å². The number of hydrogen-bond acceptors (Lipinski definition) is 5. The number of rotatable bonds is 7. The average molecular weight is 459 g/mol. The molecule has 168 valence electrons. The molecular formula is C22H23FN4O4S. The van der Waals surface area contributed by atoms with Crippen LogP contribution in [0.25, 0.3) is 22.4 Å². The number of aromatic nitrogens is 2. The van der Waals surface area contributed by atoms with E-state index in [0.29, 0.717) is 24.4 Å². The van der Waals surface area contributed by atoms with Gasteiger partial charge >= 0.3 is 0 Å². The van der Waals surface area contributed by atoms with Gasteiger partial charge in [-0.05, 0) is 55.3 Å². The summed E-state index contributed by atoms with van der Waals surface area (Å²) in [5.74, 6) is 0.0249. The predicted molar refractivity (Wildman–Crippen MR) is 119 cm³/mol. The fourth-order valence-electron chi connectivity index (χ4n) is 3.72. The quantitative estimate of drug-likeness (QED) is 0.530. The SMILES string of the molecule is Cc1nn(CCCNS(C)(=O)=O)c(-c2ccc(F)cc2)c1-c1ccc2c(c1)NC(=O)CO2. The molecule has 0 spiro atoms. The number of carbonyl (C=O) groups is 1. The first kappa shape index (κ1) is 22.0. The number of nitrogens with one attached hydrogen (secondary N) is 2. The molecule has 0 atom stereocenters. The topological polar surface area (TPSA) is 102 Å². The minimum atomic E-state index is -3.27. The van der Waals surface area contributed by atoms with Crippen LogP contribution in [0, 0.1) is 12.7 Å². The van der Waals surface area contributed by atoms with Crippen molar-refractivity contribution in [2.24, 2.45) is 0 Å². The number of aryl methyl sites for hydroxylation is 2. The maximum atomic E-state index is 13.6. The van der Waals surface area contributed by atoms with Crippen molar-refractivity contribution < 1.29 is 22.3 Å². The number of anilines is 1. The summed E-state index contributed by atoms with van der Waals surface area (Å²) in [6.45, 7) is 2.59. The Balaban J connectivity index is 1.75. The van der Waals surface area contributed by atoms with Gasteiger partial charge in [0.25, 0.3) is 5.91 Å². The predicted octanol–water partition coefficient (Wildman–Crippen LogP) is 2.93. The molecular weight excluding hydrogens is 435 g/mol. The third-order valence-corrected chi connectivity index (χ3v) is 5.79. The normalized spacial score (nSPS) is 13.4. The van der Waals surface area contributed by atoms with Crippen LogP contribution in [-0.4, -0.2) is 43.5 Å². The van der Waals surface area contributed by atoms with Gasteiger partial charge in [0.1, 0.15) is 11.6 Å². The molecule has 2 N–H and O–H groups in total. The molecule has 1 aromatic heterocycles. The zero-order valence-corrected chi connectivity index (χ0v) is 18.5. The summed E-state index contributed by atoms with van der Waals surface area (Å²) < 4.78 is 46.0. The van der Waals surface area contributed by atoms with E-state index in [1.54, 1.807) is 22.9 Å². The molecule has 1 amide bonds. The first-order chi connectivity index (χ1) is 15.2. The lowest BCUT2D eigenvalue weighted by atomic mass is 9.98. The van der Waals surface area contributed by atoms with E-state index >= 15 is 0 Å². The number of hydrogen-bond donors (Lipinski definition) is 2. The van der Waals surface area contributed by atoms with E-state index in [9.17, 15) is 17.6 Å². The van der Waals surface area contributed by atoms with E-state index in [1.807, 2.05) is 19.1 Å².